The van der Waals surface area contributed by atoms with Crippen LogP contribution in [0.15, 0.2) is 24.8 Å². The summed E-state index contributed by atoms with van der Waals surface area (Å²) in [5, 5.41) is 11.5. The minimum atomic E-state index is -0.0299. The number of nitrogens with zero attached hydrogens (tertiary/aromatic N) is 5. The van der Waals surface area contributed by atoms with Crippen LogP contribution in [0.4, 0.5) is 0 Å². The van der Waals surface area contributed by atoms with E-state index in [1.54, 1.807) is 12.5 Å². The average molecular weight is 246 g/mol. The van der Waals surface area contributed by atoms with Crippen molar-refractivity contribution in [1.82, 2.24) is 30.3 Å². The van der Waals surface area contributed by atoms with Gasteiger partial charge in [-0.3, -0.25) is 0 Å². The van der Waals surface area contributed by atoms with Crippen LogP contribution in [0.2, 0.25) is 0 Å². The molecule has 2 aromatic rings. The van der Waals surface area contributed by atoms with Gasteiger partial charge in [-0.25, -0.2) is 14.6 Å². The van der Waals surface area contributed by atoms with Crippen LogP contribution in [0.5, 0.6) is 0 Å². The zero-order valence-electron chi connectivity index (χ0n) is 11.0. The summed E-state index contributed by atoms with van der Waals surface area (Å²) in [6.07, 6.45) is 5.25. The molecule has 0 spiro atoms. The third kappa shape index (κ3) is 3.33. The molecule has 0 aromatic carbocycles. The van der Waals surface area contributed by atoms with Gasteiger partial charge in [0.05, 0.1) is 23.1 Å². The van der Waals surface area contributed by atoms with Crippen molar-refractivity contribution in [3.8, 4) is 0 Å². The first-order valence-corrected chi connectivity index (χ1v) is 5.93. The van der Waals surface area contributed by atoms with E-state index in [0.29, 0.717) is 13.1 Å². The highest BCUT2D eigenvalue weighted by Gasteiger charge is 2.14. The van der Waals surface area contributed by atoms with E-state index in [4.69, 9.17) is 0 Å². The SMILES string of the molecule is CC(C)(C)n1cc(CNCc2ccncn2)nn1. The van der Waals surface area contributed by atoms with Crippen LogP contribution in [0.1, 0.15) is 32.2 Å². The monoisotopic (exact) mass is 246 g/mol. The summed E-state index contributed by atoms with van der Waals surface area (Å²) in [7, 11) is 0. The van der Waals surface area contributed by atoms with Crippen LogP contribution >= 0.6 is 0 Å². The molecule has 0 aliphatic rings. The highest BCUT2D eigenvalue weighted by Crippen LogP contribution is 2.11. The Labute approximate surface area is 106 Å². The van der Waals surface area contributed by atoms with Gasteiger partial charge in [-0.2, -0.15) is 0 Å². The molecule has 96 valence electrons. The first-order chi connectivity index (χ1) is 8.55. The summed E-state index contributed by atoms with van der Waals surface area (Å²) < 4.78 is 1.87. The van der Waals surface area contributed by atoms with E-state index in [9.17, 15) is 0 Å². The summed E-state index contributed by atoms with van der Waals surface area (Å²) in [5.41, 5.74) is 1.87. The molecule has 0 amide bonds. The molecule has 2 rings (SSSR count). The van der Waals surface area contributed by atoms with E-state index in [2.05, 4.69) is 46.4 Å². The molecule has 0 saturated carbocycles. The molecule has 0 bridgehead atoms. The maximum absolute atomic E-state index is 4.14. The minimum Gasteiger partial charge on any atom is -0.305 e. The van der Waals surface area contributed by atoms with Gasteiger partial charge in [0.1, 0.15) is 6.33 Å². The van der Waals surface area contributed by atoms with E-state index in [0.717, 1.165) is 11.4 Å². The lowest BCUT2D eigenvalue weighted by molar-refractivity contribution is 0.347. The first kappa shape index (κ1) is 12.6. The molecular weight excluding hydrogens is 228 g/mol. The van der Waals surface area contributed by atoms with Crippen LogP contribution in [0.25, 0.3) is 0 Å². The predicted molar refractivity (Wildman–Crippen MR) is 67.6 cm³/mol. The number of hydrogen-bond donors (Lipinski definition) is 1. The Morgan fingerprint density at radius 1 is 1.22 bits per heavy atom. The average Bonchev–Trinajstić information content (AvgIpc) is 2.79. The van der Waals surface area contributed by atoms with Gasteiger partial charge in [-0.05, 0) is 26.8 Å². The third-order valence-corrected chi connectivity index (χ3v) is 2.48. The zero-order chi connectivity index (χ0) is 13.0. The number of aromatic nitrogens is 5. The zero-order valence-corrected chi connectivity index (χ0v) is 11.0. The maximum atomic E-state index is 4.14. The lowest BCUT2D eigenvalue weighted by Gasteiger charge is -2.17. The number of nitrogens with one attached hydrogen (secondary N) is 1. The molecule has 0 aliphatic carbocycles. The first-order valence-electron chi connectivity index (χ1n) is 5.93. The molecule has 0 unspecified atom stereocenters. The molecule has 2 heterocycles. The van der Waals surface area contributed by atoms with Crippen molar-refractivity contribution in [1.29, 1.82) is 0 Å². The molecule has 6 heteroatoms. The maximum Gasteiger partial charge on any atom is 0.115 e. The smallest absolute Gasteiger partial charge is 0.115 e. The second-order valence-electron chi connectivity index (χ2n) is 5.13. The largest absolute Gasteiger partial charge is 0.305 e. The molecule has 0 saturated heterocycles. The van der Waals surface area contributed by atoms with Crippen molar-refractivity contribution in [2.45, 2.75) is 39.4 Å². The third-order valence-electron chi connectivity index (χ3n) is 2.48. The van der Waals surface area contributed by atoms with Crippen LogP contribution in [0, 0.1) is 0 Å². The van der Waals surface area contributed by atoms with Crippen molar-refractivity contribution < 1.29 is 0 Å². The van der Waals surface area contributed by atoms with Crippen molar-refractivity contribution >= 4 is 0 Å². The molecule has 2 aromatic heterocycles. The Kier molecular flexibility index (Phi) is 3.66. The quantitative estimate of drug-likeness (QED) is 0.875. The normalized spacial score (nSPS) is 11.7. The van der Waals surface area contributed by atoms with Gasteiger partial charge < -0.3 is 5.32 Å². The highest BCUT2D eigenvalue weighted by molar-refractivity contribution is 4.99. The predicted octanol–water partition coefficient (Wildman–Crippen LogP) is 1.11. The Bertz CT molecular complexity index is 485. The van der Waals surface area contributed by atoms with Crippen molar-refractivity contribution in [2.24, 2.45) is 0 Å². The van der Waals surface area contributed by atoms with E-state index in [1.165, 1.54) is 0 Å². The molecule has 0 aliphatic heterocycles. The summed E-state index contributed by atoms with van der Waals surface area (Å²) in [5.74, 6) is 0. The lowest BCUT2D eigenvalue weighted by Crippen LogP contribution is -2.22. The lowest BCUT2D eigenvalue weighted by atomic mass is 10.1. The van der Waals surface area contributed by atoms with Crippen LogP contribution in [-0.2, 0) is 18.6 Å². The van der Waals surface area contributed by atoms with Gasteiger partial charge in [-0.1, -0.05) is 5.21 Å². The topological polar surface area (TPSA) is 68.5 Å². The van der Waals surface area contributed by atoms with E-state index in [1.807, 2.05) is 16.9 Å². The summed E-state index contributed by atoms with van der Waals surface area (Å²) in [4.78, 5) is 8.02. The molecule has 18 heavy (non-hydrogen) atoms. The summed E-state index contributed by atoms with van der Waals surface area (Å²) in [6, 6.07) is 1.89. The Hall–Kier alpha value is -1.82. The molecule has 6 nitrogen and oxygen atoms in total. The second-order valence-corrected chi connectivity index (χ2v) is 5.13. The van der Waals surface area contributed by atoms with E-state index < -0.39 is 0 Å². The molecule has 0 radical (unpaired) electrons. The summed E-state index contributed by atoms with van der Waals surface area (Å²) >= 11 is 0. The van der Waals surface area contributed by atoms with Gasteiger partial charge in [-0.15, -0.1) is 5.10 Å². The number of hydrogen-bond acceptors (Lipinski definition) is 5. The van der Waals surface area contributed by atoms with Crippen molar-refractivity contribution in [3.05, 3.63) is 36.2 Å². The Morgan fingerprint density at radius 3 is 2.61 bits per heavy atom. The number of rotatable bonds is 4. The van der Waals surface area contributed by atoms with Gasteiger partial charge in [0, 0.05) is 19.3 Å². The molecule has 0 fully saturated rings. The van der Waals surface area contributed by atoms with Crippen molar-refractivity contribution in [3.63, 3.8) is 0 Å². The second kappa shape index (κ2) is 5.22. The fourth-order valence-electron chi connectivity index (χ4n) is 1.45. The molecular formula is C12H18N6. The fourth-order valence-corrected chi connectivity index (χ4v) is 1.45. The van der Waals surface area contributed by atoms with Crippen molar-refractivity contribution in [2.75, 3.05) is 0 Å². The summed E-state index contributed by atoms with van der Waals surface area (Å²) in [6.45, 7) is 7.67. The van der Waals surface area contributed by atoms with E-state index in [-0.39, 0.29) is 5.54 Å². The minimum absolute atomic E-state index is 0.0299. The molecule has 1 N–H and O–H groups in total. The fraction of sp³-hybridized carbons (Fsp3) is 0.500. The molecule has 0 atom stereocenters. The van der Waals surface area contributed by atoms with E-state index >= 15 is 0 Å². The van der Waals surface area contributed by atoms with Gasteiger partial charge in [0.15, 0.2) is 0 Å². The van der Waals surface area contributed by atoms with Crippen LogP contribution in [0.3, 0.4) is 0 Å². The van der Waals surface area contributed by atoms with Gasteiger partial charge in [0.2, 0.25) is 0 Å². The van der Waals surface area contributed by atoms with Crippen LogP contribution < -0.4 is 5.32 Å². The van der Waals surface area contributed by atoms with Gasteiger partial charge in [0.25, 0.3) is 0 Å². The standard InChI is InChI=1S/C12H18N6/c1-12(2,3)18-8-11(16-17-18)7-14-6-10-4-5-13-9-15-10/h4-5,8-9,14H,6-7H2,1-3H3. The van der Waals surface area contributed by atoms with Gasteiger partial charge >= 0.3 is 0 Å². The Balaban J connectivity index is 1.86. The van der Waals surface area contributed by atoms with Crippen LogP contribution in [-0.4, -0.2) is 25.0 Å². The Morgan fingerprint density at radius 2 is 2.00 bits per heavy atom. The highest BCUT2D eigenvalue weighted by atomic mass is 15.4.